The topological polar surface area (TPSA) is 81.6 Å². The third-order valence-corrected chi connectivity index (χ3v) is 3.17. The molecule has 0 aromatic heterocycles. The van der Waals surface area contributed by atoms with E-state index in [1.807, 2.05) is 6.07 Å². The summed E-state index contributed by atoms with van der Waals surface area (Å²) in [5.41, 5.74) is 12.9. The van der Waals surface area contributed by atoms with Crippen molar-refractivity contribution in [3.63, 3.8) is 0 Å². The van der Waals surface area contributed by atoms with Crippen molar-refractivity contribution in [2.24, 2.45) is 5.73 Å². The number of nitrogens with two attached hydrogens (primary N) is 2. The lowest BCUT2D eigenvalue weighted by atomic mass is 10.1. The molecular formula is C12H17N3O2. The van der Waals surface area contributed by atoms with E-state index < -0.39 is 5.91 Å². The monoisotopic (exact) mass is 235 g/mol. The second kappa shape index (κ2) is 4.63. The summed E-state index contributed by atoms with van der Waals surface area (Å²) in [5.74, 6) is -0.494. The van der Waals surface area contributed by atoms with Crippen LogP contribution in [0, 0.1) is 0 Å². The number of hydrogen-bond donors (Lipinski definition) is 2. The quantitative estimate of drug-likeness (QED) is 0.751. The van der Waals surface area contributed by atoms with E-state index in [2.05, 4.69) is 4.90 Å². The Hall–Kier alpha value is -1.75. The summed E-state index contributed by atoms with van der Waals surface area (Å²) in [4.78, 5) is 13.3. The first-order valence-corrected chi connectivity index (χ1v) is 5.59. The first kappa shape index (κ1) is 11.7. The molecule has 5 heteroatoms. The molecule has 1 aromatic rings. The van der Waals surface area contributed by atoms with Crippen LogP contribution in [0.5, 0.6) is 0 Å². The molecule has 1 heterocycles. The normalized spacial score (nSPS) is 19.6. The van der Waals surface area contributed by atoms with Gasteiger partial charge >= 0.3 is 0 Å². The molecule has 0 spiro atoms. The highest BCUT2D eigenvalue weighted by molar-refractivity contribution is 6.00. The van der Waals surface area contributed by atoms with Crippen LogP contribution in [0.3, 0.4) is 0 Å². The Morgan fingerprint density at radius 3 is 2.88 bits per heavy atom. The fraction of sp³-hybridized carbons (Fsp3) is 0.417. The Bertz CT molecular complexity index is 434. The van der Waals surface area contributed by atoms with Crippen LogP contribution in [0.1, 0.15) is 16.8 Å². The maximum absolute atomic E-state index is 11.2. The van der Waals surface area contributed by atoms with E-state index in [4.69, 9.17) is 16.2 Å². The van der Waals surface area contributed by atoms with Crippen molar-refractivity contribution in [1.29, 1.82) is 0 Å². The summed E-state index contributed by atoms with van der Waals surface area (Å²) in [6.07, 6.45) is 1.20. The third-order valence-electron chi connectivity index (χ3n) is 3.17. The average Bonchev–Trinajstić information content (AvgIpc) is 2.77. The molecular weight excluding hydrogens is 218 g/mol. The summed E-state index contributed by atoms with van der Waals surface area (Å²) in [7, 11) is 1.71. The number of amides is 1. The summed E-state index contributed by atoms with van der Waals surface area (Å²) >= 11 is 0. The van der Waals surface area contributed by atoms with E-state index in [0.717, 1.165) is 25.2 Å². The van der Waals surface area contributed by atoms with Crippen molar-refractivity contribution in [3.8, 4) is 0 Å². The molecule has 1 amide bonds. The number of anilines is 2. The highest BCUT2D eigenvalue weighted by Gasteiger charge is 2.24. The molecule has 4 N–H and O–H groups in total. The van der Waals surface area contributed by atoms with Gasteiger partial charge in [0.1, 0.15) is 0 Å². The predicted octanol–water partition coefficient (Wildman–Crippen LogP) is 0.593. The van der Waals surface area contributed by atoms with Gasteiger partial charge in [-0.25, -0.2) is 0 Å². The van der Waals surface area contributed by atoms with Gasteiger partial charge in [-0.15, -0.1) is 0 Å². The van der Waals surface area contributed by atoms with Gasteiger partial charge in [-0.3, -0.25) is 4.79 Å². The maximum atomic E-state index is 11.2. The lowest BCUT2D eigenvalue weighted by Crippen LogP contribution is -2.24. The molecule has 1 unspecified atom stereocenters. The highest BCUT2D eigenvalue weighted by atomic mass is 16.5. The van der Waals surface area contributed by atoms with Gasteiger partial charge < -0.3 is 21.1 Å². The van der Waals surface area contributed by atoms with Gasteiger partial charge in [-0.1, -0.05) is 6.07 Å². The Morgan fingerprint density at radius 1 is 1.53 bits per heavy atom. The van der Waals surface area contributed by atoms with E-state index in [1.54, 1.807) is 19.2 Å². The van der Waals surface area contributed by atoms with Gasteiger partial charge in [-0.2, -0.15) is 0 Å². The van der Waals surface area contributed by atoms with Crippen LogP contribution < -0.4 is 16.4 Å². The zero-order chi connectivity index (χ0) is 12.4. The van der Waals surface area contributed by atoms with Crippen LogP contribution in [-0.4, -0.2) is 32.2 Å². The molecule has 2 rings (SSSR count). The number of hydrogen-bond acceptors (Lipinski definition) is 4. The number of carbonyl (C=O) groups is 1. The number of ether oxygens (including phenoxy) is 1. The minimum atomic E-state index is -0.494. The van der Waals surface area contributed by atoms with Crippen LogP contribution >= 0.6 is 0 Å². The lowest BCUT2D eigenvalue weighted by Gasteiger charge is -2.21. The number of methoxy groups -OCH3 is 1. The second-order valence-corrected chi connectivity index (χ2v) is 4.20. The van der Waals surface area contributed by atoms with E-state index >= 15 is 0 Å². The Labute approximate surface area is 100 Å². The number of carbonyl (C=O) groups excluding carboxylic acids is 1. The molecule has 0 radical (unpaired) electrons. The molecule has 0 saturated carbocycles. The van der Waals surface area contributed by atoms with Gasteiger partial charge in [0, 0.05) is 20.2 Å². The predicted molar refractivity (Wildman–Crippen MR) is 67.0 cm³/mol. The van der Waals surface area contributed by atoms with Crippen molar-refractivity contribution in [2.75, 3.05) is 30.8 Å². The summed E-state index contributed by atoms with van der Waals surface area (Å²) < 4.78 is 5.31. The largest absolute Gasteiger partial charge is 0.396 e. The molecule has 1 saturated heterocycles. The second-order valence-electron chi connectivity index (χ2n) is 4.20. The number of primary amides is 1. The molecule has 1 aromatic carbocycles. The molecule has 1 fully saturated rings. The van der Waals surface area contributed by atoms with Crippen molar-refractivity contribution in [2.45, 2.75) is 12.5 Å². The summed E-state index contributed by atoms with van der Waals surface area (Å²) in [6, 6.07) is 5.34. The van der Waals surface area contributed by atoms with Crippen molar-refractivity contribution in [1.82, 2.24) is 0 Å². The van der Waals surface area contributed by atoms with E-state index in [-0.39, 0.29) is 6.10 Å². The first-order chi connectivity index (χ1) is 8.13. The lowest BCUT2D eigenvalue weighted by molar-refractivity contribution is 0.100. The SMILES string of the molecule is COC1CCN(c2cccc(C(N)=O)c2N)C1. The van der Waals surface area contributed by atoms with Crippen molar-refractivity contribution < 1.29 is 9.53 Å². The van der Waals surface area contributed by atoms with E-state index in [0.29, 0.717) is 11.3 Å². The Kier molecular flexibility index (Phi) is 3.19. The van der Waals surface area contributed by atoms with E-state index in [9.17, 15) is 4.79 Å². The molecule has 1 aliphatic heterocycles. The van der Waals surface area contributed by atoms with Crippen LogP contribution in [-0.2, 0) is 4.74 Å². The number of nitrogen functional groups attached to an aromatic ring is 1. The Morgan fingerprint density at radius 2 is 2.29 bits per heavy atom. The highest BCUT2D eigenvalue weighted by Crippen LogP contribution is 2.29. The average molecular weight is 235 g/mol. The number of rotatable bonds is 3. The van der Waals surface area contributed by atoms with Crippen LogP contribution in [0.4, 0.5) is 11.4 Å². The molecule has 1 aliphatic rings. The number of nitrogens with zero attached hydrogens (tertiary/aromatic N) is 1. The molecule has 5 nitrogen and oxygen atoms in total. The van der Waals surface area contributed by atoms with Gasteiger partial charge in [0.2, 0.25) is 0 Å². The smallest absolute Gasteiger partial charge is 0.250 e. The Balaban J connectivity index is 2.28. The first-order valence-electron chi connectivity index (χ1n) is 5.59. The number of para-hydroxylation sites is 1. The van der Waals surface area contributed by atoms with Crippen LogP contribution in [0.25, 0.3) is 0 Å². The molecule has 0 aliphatic carbocycles. The van der Waals surface area contributed by atoms with Gasteiger partial charge in [0.05, 0.1) is 23.0 Å². The van der Waals surface area contributed by atoms with Crippen LogP contribution in [0.15, 0.2) is 18.2 Å². The standard InChI is InChI=1S/C12H17N3O2/c1-17-8-5-6-15(7-8)10-4-2-3-9(11(10)13)12(14)16/h2-4,8H,5-7,13H2,1H3,(H2,14,16). The molecule has 0 bridgehead atoms. The fourth-order valence-corrected chi connectivity index (χ4v) is 2.18. The van der Waals surface area contributed by atoms with E-state index in [1.165, 1.54) is 0 Å². The van der Waals surface area contributed by atoms with Crippen LogP contribution in [0.2, 0.25) is 0 Å². The molecule has 1 atom stereocenters. The minimum Gasteiger partial charge on any atom is -0.396 e. The summed E-state index contributed by atoms with van der Waals surface area (Å²) in [6.45, 7) is 1.67. The van der Waals surface area contributed by atoms with Gasteiger partial charge in [-0.05, 0) is 18.6 Å². The van der Waals surface area contributed by atoms with Crippen molar-refractivity contribution in [3.05, 3.63) is 23.8 Å². The third kappa shape index (κ3) is 2.19. The van der Waals surface area contributed by atoms with Gasteiger partial charge in [0.15, 0.2) is 0 Å². The maximum Gasteiger partial charge on any atom is 0.250 e. The summed E-state index contributed by atoms with van der Waals surface area (Å²) in [5, 5.41) is 0. The number of benzene rings is 1. The minimum absolute atomic E-state index is 0.228. The van der Waals surface area contributed by atoms with Crippen molar-refractivity contribution >= 4 is 17.3 Å². The molecule has 17 heavy (non-hydrogen) atoms. The zero-order valence-corrected chi connectivity index (χ0v) is 9.85. The molecule has 92 valence electrons. The zero-order valence-electron chi connectivity index (χ0n) is 9.85. The fourth-order valence-electron chi connectivity index (χ4n) is 2.18. The van der Waals surface area contributed by atoms with Gasteiger partial charge in [0.25, 0.3) is 5.91 Å².